The summed E-state index contributed by atoms with van der Waals surface area (Å²) in [6.45, 7) is 7.39. The highest BCUT2D eigenvalue weighted by molar-refractivity contribution is 7.91. The lowest BCUT2D eigenvalue weighted by molar-refractivity contribution is -0.143. The van der Waals surface area contributed by atoms with Gasteiger partial charge >= 0.3 is 0 Å². The Morgan fingerprint density at radius 1 is 1.11 bits per heavy atom. The van der Waals surface area contributed by atoms with Crippen molar-refractivity contribution in [3.8, 4) is 5.88 Å². The molecule has 2 aromatic heterocycles. The molecule has 15 nitrogen and oxygen atoms in total. The van der Waals surface area contributed by atoms with Gasteiger partial charge in [-0.2, -0.15) is 5.10 Å². The van der Waals surface area contributed by atoms with Crippen LogP contribution in [-0.4, -0.2) is 92.2 Å². The first-order valence-electron chi connectivity index (χ1n) is 18.6. The third-order valence-electron chi connectivity index (χ3n) is 10.9. The number of hydrogen-bond acceptors (Lipinski definition) is 10. The number of carbonyl (C=O) groups is 4. The fraction of sp³-hybridized carbons (Fsp3) is 0.500. The van der Waals surface area contributed by atoms with Crippen LogP contribution in [0.1, 0.15) is 79.7 Å². The van der Waals surface area contributed by atoms with Gasteiger partial charge in [-0.3, -0.25) is 28.6 Å². The zero-order valence-electron chi connectivity index (χ0n) is 31.0. The summed E-state index contributed by atoms with van der Waals surface area (Å²) in [5.41, 5.74) is 0.526. The van der Waals surface area contributed by atoms with E-state index < -0.39 is 74.4 Å². The Labute approximate surface area is 318 Å². The summed E-state index contributed by atoms with van der Waals surface area (Å²) in [4.78, 5) is 66.9. The number of sulfonamides is 1. The Morgan fingerprint density at radius 3 is 2.60 bits per heavy atom. The minimum atomic E-state index is -3.98. The number of rotatable bonds is 7. The Balaban J connectivity index is 1.23. The molecular weight excluding hydrogens is 732 g/mol. The monoisotopic (exact) mass is 776 g/mol. The van der Waals surface area contributed by atoms with E-state index in [9.17, 15) is 32.0 Å². The summed E-state index contributed by atoms with van der Waals surface area (Å²) in [7, 11) is -2.35. The third-order valence-corrected chi connectivity index (χ3v) is 12.7. The fourth-order valence-corrected chi connectivity index (χ4v) is 9.14. The van der Waals surface area contributed by atoms with Gasteiger partial charge in [-0.1, -0.05) is 43.2 Å². The van der Waals surface area contributed by atoms with Gasteiger partial charge < -0.3 is 20.3 Å². The number of fused-ring (bicyclic) bond motifs is 3. The molecule has 0 radical (unpaired) electrons. The van der Waals surface area contributed by atoms with Crippen LogP contribution in [0, 0.1) is 25.6 Å². The highest BCUT2D eigenvalue weighted by atomic mass is 32.2. The molecule has 3 aromatic rings. The predicted octanol–water partition coefficient (Wildman–Crippen LogP) is 2.83. The number of aromatic nitrogens is 4. The summed E-state index contributed by atoms with van der Waals surface area (Å²) in [6.07, 6.45) is 6.59. The predicted molar refractivity (Wildman–Crippen MR) is 198 cm³/mol. The molecule has 5 atom stereocenters. The molecule has 2 aliphatic heterocycles. The molecule has 2 saturated carbocycles. The van der Waals surface area contributed by atoms with E-state index >= 15 is 0 Å². The van der Waals surface area contributed by atoms with Crippen molar-refractivity contribution in [1.29, 1.82) is 0 Å². The van der Waals surface area contributed by atoms with Gasteiger partial charge in [0.2, 0.25) is 27.7 Å². The van der Waals surface area contributed by atoms with E-state index in [1.807, 2.05) is 6.08 Å². The average Bonchev–Trinajstić information content (AvgIpc) is 3.83. The third kappa shape index (κ3) is 7.58. The van der Waals surface area contributed by atoms with Gasteiger partial charge in [-0.05, 0) is 64.2 Å². The normalized spacial score (nSPS) is 26.3. The highest BCUT2D eigenvalue weighted by Gasteiger charge is 2.58. The minimum Gasteiger partial charge on any atom is -0.471 e. The van der Waals surface area contributed by atoms with E-state index in [1.165, 1.54) is 21.7 Å². The number of allylic oxidation sites excluding steroid dienone is 1. The van der Waals surface area contributed by atoms with Crippen LogP contribution in [0.15, 0.2) is 48.6 Å². The van der Waals surface area contributed by atoms with Gasteiger partial charge in [0.1, 0.15) is 40.6 Å². The Hall–Kier alpha value is -5.19. The van der Waals surface area contributed by atoms with E-state index in [0.717, 1.165) is 6.42 Å². The molecule has 292 valence electrons. The Bertz CT molecular complexity index is 2220. The summed E-state index contributed by atoms with van der Waals surface area (Å²) in [6, 6.07) is 3.77. The highest BCUT2D eigenvalue weighted by Crippen LogP contribution is 2.45. The summed E-state index contributed by atoms with van der Waals surface area (Å²) in [5, 5.41) is 9.32. The maximum Gasteiger partial charge on any atom is 0.270 e. The molecule has 0 bridgehead atoms. The quantitative estimate of drug-likeness (QED) is 0.301. The number of benzene rings is 1. The first kappa shape index (κ1) is 38.1. The van der Waals surface area contributed by atoms with Gasteiger partial charge in [0.15, 0.2) is 5.82 Å². The molecule has 4 amide bonds. The summed E-state index contributed by atoms with van der Waals surface area (Å²) < 4.78 is 50.6. The molecular formula is C38H45FN8O7S. The first-order valence-corrected chi connectivity index (χ1v) is 20.2. The van der Waals surface area contributed by atoms with Crippen molar-refractivity contribution in [3.63, 3.8) is 0 Å². The maximum atomic E-state index is 14.7. The van der Waals surface area contributed by atoms with Crippen LogP contribution >= 0.6 is 0 Å². The van der Waals surface area contributed by atoms with Crippen molar-refractivity contribution in [2.24, 2.45) is 13.0 Å². The van der Waals surface area contributed by atoms with E-state index in [-0.39, 0.29) is 42.9 Å². The number of halogens is 1. The first-order chi connectivity index (χ1) is 26.2. The van der Waals surface area contributed by atoms with Crippen LogP contribution < -0.4 is 20.1 Å². The van der Waals surface area contributed by atoms with Crippen molar-refractivity contribution >= 4 is 44.7 Å². The number of carbonyl (C=O) groups excluding carboxylic acids is 4. The molecule has 55 heavy (non-hydrogen) atoms. The van der Waals surface area contributed by atoms with Crippen molar-refractivity contribution < 1.29 is 36.7 Å². The van der Waals surface area contributed by atoms with Crippen LogP contribution in [-0.2, 0) is 31.5 Å². The van der Waals surface area contributed by atoms with Gasteiger partial charge in [-0.25, -0.2) is 22.8 Å². The molecule has 2 aliphatic carbocycles. The lowest BCUT2D eigenvalue weighted by Gasteiger charge is -2.49. The Kier molecular flexibility index (Phi) is 10.3. The molecule has 7 rings (SSSR count). The Morgan fingerprint density at radius 2 is 1.89 bits per heavy atom. The molecule has 4 aliphatic rings. The largest absolute Gasteiger partial charge is 0.471 e. The number of para-hydroxylation sites is 1. The smallest absolute Gasteiger partial charge is 0.270 e. The number of nitrogens with zero attached hydrogens (tertiary/aromatic N) is 5. The molecule has 1 saturated heterocycles. The van der Waals surface area contributed by atoms with Gasteiger partial charge in [-0.15, -0.1) is 0 Å². The number of amides is 4. The van der Waals surface area contributed by atoms with Crippen molar-refractivity contribution in [3.05, 3.63) is 71.5 Å². The number of ether oxygens (including phenoxy) is 1. The second-order valence-electron chi connectivity index (χ2n) is 15.0. The standard InChI is InChI=1S/C38H45FN8O7S/c1-21-19-38(37(51)45-55(52,53)25-15-16-25)26(21)11-8-6-5-7-9-13-29(41-33(48)30-17-22(2)44-46(30)4)36(50)47-20-24(18-31(47)34(49)43-38)54-35-23(3)40-28-14-10-12-27(39)32(28)42-35/h8,10-12,14,17,24-26,29,31H,1,5-7,9,13,15-16,18-20H2,2-4H3,(H,41,48)(H,43,49)(H,45,51). The second kappa shape index (κ2) is 14.8. The van der Waals surface area contributed by atoms with E-state index in [4.69, 9.17) is 4.74 Å². The molecule has 4 heterocycles. The number of aryl methyl sites for hydroxylation is 3. The maximum absolute atomic E-state index is 14.7. The average molecular weight is 777 g/mol. The van der Waals surface area contributed by atoms with Gasteiger partial charge in [0.25, 0.3) is 11.8 Å². The molecule has 3 fully saturated rings. The molecule has 17 heteroatoms. The van der Waals surface area contributed by atoms with Crippen LogP contribution in [0.4, 0.5) is 4.39 Å². The molecule has 5 unspecified atom stereocenters. The SMILES string of the molecule is C=C1CC2(C(=O)NS(=O)(=O)C3CC3)NC(=O)C3CC(Oc4nc5c(F)cccc5nc4C)CN3C(=O)C(NC(=O)c3cc(C)nn3C)CCCCCC=CC12. The number of nitrogens with one attached hydrogen (secondary N) is 3. The topological polar surface area (TPSA) is 195 Å². The second-order valence-corrected chi connectivity index (χ2v) is 17.0. The van der Waals surface area contributed by atoms with Crippen LogP contribution in [0.2, 0.25) is 0 Å². The van der Waals surface area contributed by atoms with Crippen LogP contribution in [0.5, 0.6) is 5.88 Å². The zero-order valence-corrected chi connectivity index (χ0v) is 31.8. The van der Waals surface area contributed by atoms with E-state index in [1.54, 1.807) is 39.1 Å². The zero-order chi connectivity index (χ0) is 39.2. The lowest BCUT2D eigenvalue weighted by atomic mass is 9.62. The van der Waals surface area contributed by atoms with Crippen molar-refractivity contribution in [2.45, 2.75) is 101 Å². The lowest BCUT2D eigenvalue weighted by Crippen LogP contribution is -2.70. The fourth-order valence-electron chi connectivity index (χ4n) is 7.77. The minimum absolute atomic E-state index is 0.00338. The van der Waals surface area contributed by atoms with Crippen LogP contribution in [0.25, 0.3) is 11.0 Å². The summed E-state index contributed by atoms with van der Waals surface area (Å²) in [5.74, 6) is -3.90. The number of hydrogen-bond donors (Lipinski definition) is 3. The van der Waals surface area contributed by atoms with Crippen LogP contribution in [0.3, 0.4) is 0 Å². The molecule has 3 N–H and O–H groups in total. The van der Waals surface area contributed by atoms with Gasteiger partial charge in [0, 0.05) is 25.8 Å². The van der Waals surface area contributed by atoms with Gasteiger partial charge in [0.05, 0.1) is 23.0 Å². The summed E-state index contributed by atoms with van der Waals surface area (Å²) >= 11 is 0. The molecule has 0 spiro atoms. The van der Waals surface area contributed by atoms with E-state index in [2.05, 4.69) is 37.0 Å². The molecule has 1 aromatic carbocycles. The van der Waals surface area contributed by atoms with Crippen molar-refractivity contribution in [1.82, 2.24) is 40.0 Å². The van der Waals surface area contributed by atoms with Crippen molar-refractivity contribution in [2.75, 3.05) is 6.54 Å². The van der Waals surface area contributed by atoms with E-state index in [0.29, 0.717) is 54.6 Å².